The van der Waals surface area contributed by atoms with Gasteiger partial charge in [0.2, 0.25) is 0 Å². The van der Waals surface area contributed by atoms with Crippen molar-refractivity contribution in [1.82, 2.24) is 9.55 Å². The molecule has 0 aliphatic heterocycles. The van der Waals surface area contributed by atoms with Crippen LogP contribution in [0.25, 0.3) is 5.69 Å². The lowest BCUT2D eigenvalue weighted by Gasteiger charge is -2.04. The SMILES string of the molecule is Cc1cn(-c2ccc(F)c(F)c2F)c(=S)[nH]1. The van der Waals surface area contributed by atoms with Crippen molar-refractivity contribution in [1.29, 1.82) is 0 Å². The fourth-order valence-corrected chi connectivity index (χ4v) is 1.71. The Hall–Kier alpha value is -1.56. The molecule has 0 amide bonds. The summed E-state index contributed by atoms with van der Waals surface area (Å²) >= 11 is 4.92. The maximum Gasteiger partial charge on any atom is 0.196 e. The van der Waals surface area contributed by atoms with Gasteiger partial charge in [-0.3, -0.25) is 4.57 Å². The predicted octanol–water partition coefficient (Wildman–Crippen LogP) is 3.26. The van der Waals surface area contributed by atoms with Gasteiger partial charge in [0.25, 0.3) is 0 Å². The van der Waals surface area contributed by atoms with E-state index in [4.69, 9.17) is 12.2 Å². The number of nitrogens with one attached hydrogen (secondary N) is 1. The monoisotopic (exact) mass is 244 g/mol. The van der Waals surface area contributed by atoms with Crippen LogP contribution >= 0.6 is 12.2 Å². The van der Waals surface area contributed by atoms with Crippen LogP contribution in [0.15, 0.2) is 18.3 Å². The number of rotatable bonds is 1. The molecule has 0 aliphatic carbocycles. The highest BCUT2D eigenvalue weighted by atomic mass is 32.1. The van der Waals surface area contributed by atoms with Gasteiger partial charge in [-0.25, -0.2) is 13.2 Å². The smallest absolute Gasteiger partial charge is 0.196 e. The minimum Gasteiger partial charge on any atom is -0.335 e. The molecule has 0 atom stereocenters. The topological polar surface area (TPSA) is 20.7 Å². The second kappa shape index (κ2) is 3.79. The number of hydrogen-bond acceptors (Lipinski definition) is 1. The van der Waals surface area contributed by atoms with Gasteiger partial charge in [-0.15, -0.1) is 0 Å². The van der Waals surface area contributed by atoms with E-state index in [0.29, 0.717) is 5.69 Å². The summed E-state index contributed by atoms with van der Waals surface area (Å²) in [6.07, 6.45) is 1.51. The maximum absolute atomic E-state index is 13.4. The second-order valence-electron chi connectivity index (χ2n) is 3.31. The molecule has 0 saturated heterocycles. The standard InChI is InChI=1S/C10H7F3N2S/c1-5-4-15(10(16)14-5)7-3-2-6(11)8(12)9(7)13/h2-4H,1H3,(H,14,16). The number of benzene rings is 1. The molecule has 2 nitrogen and oxygen atoms in total. The Morgan fingerprint density at radius 3 is 2.44 bits per heavy atom. The number of aromatic nitrogens is 2. The van der Waals surface area contributed by atoms with Crippen LogP contribution in [0.4, 0.5) is 13.2 Å². The van der Waals surface area contributed by atoms with Gasteiger partial charge in [-0.1, -0.05) is 0 Å². The average Bonchev–Trinajstić information content (AvgIpc) is 2.55. The van der Waals surface area contributed by atoms with Crippen LogP contribution in [0, 0.1) is 29.1 Å². The van der Waals surface area contributed by atoms with Gasteiger partial charge in [-0.05, 0) is 31.3 Å². The third-order valence-corrected chi connectivity index (χ3v) is 2.42. The van der Waals surface area contributed by atoms with E-state index in [-0.39, 0.29) is 10.5 Å². The van der Waals surface area contributed by atoms with Crippen LogP contribution in [0.1, 0.15) is 5.69 Å². The van der Waals surface area contributed by atoms with Gasteiger partial charge in [0, 0.05) is 11.9 Å². The maximum atomic E-state index is 13.4. The molecular weight excluding hydrogens is 237 g/mol. The van der Waals surface area contributed by atoms with E-state index in [0.717, 1.165) is 12.1 Å². The molecule has 1 aromatic heterocycles. The normalized spacial score (nSPS) is 10.8. The summed E-state index contributed by atoms with van der Waals surface area (Å²) in [7, 11) is 0. The number of nitrogens with zero attached hydrogens (tertiary/aromatic N) is 1. The number of halogens is 3. The predicted molar refractivity (Wildman–Crippen MR) is 55.6 cm³/mol. The fourth-order valence-electron chi connectivity index (χ4n) is 1.39. The van der Waals surface area contributed by atoms with Gasteiger partial charge < -0.3 is 4.98 Å². The van der Waals surface area contributed by atoms with Crippen LogP contribution in [-0.2, 0) is 0 Å². The lowest BCUT2D eigenvalue weighted by Crippen LogP contribution is -2.01. The fraction of sp³-hybridized carbons (Fsp3) is 0.100. The molecule has 0 bridgehead atoms. The Labute approximate surface area is 94.3 Å². The Morgan fingerprint density at radius 2 is 1.88 bits per heavy atom. The zero-order chi connectivity index (χ0) is 11.9. The molecule has 2 aromatic rings. The summed E-state index contributed by atoms with van der Waals surface area (Å²) < 4.78 is 40.6. The molecular formula is C10H7F3N2S. The molecule has 84 valence electrons. The van der Waals surface area contributed by atoms with Crippen LogP contribution in [0.5, 0.6) is 0 Å². The Morgan fingerprint density at radius 1 is 1.19 bits per heavy atom. The highest BCUT2D eigenvalue weighted by molar-refractivity contribution is 7.71. The summed E-state index contributed by atoms with van der Waals surface area (Å²) in [6, 6.07) is 1.99. The summed E-state index contributed by atoms with van der Waals surface area (Å²) in [6.45, 7) is 1.73. The molecule has 0 fully saturated rings. The van der Waals surface area contributed by atoms with Gasteiger partial charge in [-0.2, -0.15) is 0 Å². The van der Waals surface area contributed by atoms with Crippen LogP contribution in [0.3, 0.4) is 0 Å². The minimum absolute atomic E-state index is 0.117. The van der Waals surface area contributed by atoms with Crippen molar-refractivity contribution in [3.8, 4) is 5.69 Å². The zero-order valence-corrected chi connectivity index (χ0v) is 9.04. The lowest BCUT2D eigenvalue weighted by atomic mass is 10.3. The largest absolute Gasteiger partial charge is 0.335 e. The van der Waals surface area contributed by atoms with Gasteiger partial charge in [0.05, 0.1) is 5.69 Å². The van der Waals surface area contributed by atoms with Gasteiger partial charge in [0.1, 0.15) is 0 Å². The Bertz CT molecular complexity index is 601. The van der Waals surface area contributed by atoms with Crippen molar-refractivity contribution in [3.05, 3.63) is 46.2 Å². The third kappa shape index (κ3) is 1.65. The van der Waals surface area contributed by atoms with Crippen LogP contribution < -0.4 is 0 Å². The molecule has 0 saturated carbocycles. The van der Waals surface area contributed by atoms with E-state index in [9.17, 15) is 13.2 Å². The first-order chi connectivity index (χ1) is 7.50. The van der Waals surface area contributed by atoms with Crippen molar-refractivity contribution in [2.24, 2.45) is 0 Å². The van der Waals surface area contributed by atoms with Gasteiger partial charge >= 0.3 is 0 Å². The molecule has 1 heterocycles. The Balaban J connectivity index is 2.70. The molecule has 0 spiro atoms. The molecule has 2 rings (SSSR count). The highest BCUT2D eigenvalue weighted by Crippen LogP contribution is 2.19. The molecule has 0 unspecified atom stereocenters. The van der Waals surface area contributed by atoms with Crippen molar-refractivity contribution < 1.29 is 13.2 Å². The molecule has 1 N–H and O–H groups in total. The number of aryl methyl sites for hydroxylation is 1. The van der Waals surface area contributed by atoms with Crippen LogP contribution in [0.2, 0.25) is 0 Å². The van der Waals surface area contributed by atoms with Crippen LogP contribution in [-0.4, -0.2) is 9.55 Å². The number of imidazole rings is 1. The van der Waals surface area contributed by atoms with E-state index in [2.05, 4.69) is 4.98 Å². The van der Waals surface area contributed by atoms with E-state index >= 15 is 0 Å². The summed E-state index contributed by atoms with van der Waals surface area (Å²) in [5.74, 6) is -3.98. The minimum atomic E-state index is -1.50. The summed E-state index contributed by atoms with van der Waals surface area (Å²) in [5, 5.41) is 0. The average molecular weight is 244 g/mol. The molecule has 0 radical (unpaired) electrons. The number of aromatic amines is 1. The quantitative estimate of drug-likeness (QED) is 0.603. The first-order valence-corrected chi connectivity index (χ1v) is 4.83. The molecule has 0 aliphatic rings. The molecule has 16 heavy (non-hydrogen) atoms. The summed E-state index contributed by atoms with van der Waals surface area (Å²) in [5.41, 5.74) is 0.586. The number of H-pyrrole nitrogens is 1. The summed E-state index contributed by atoms with van der Waals surface area (Å²) in [4.78, 5) is 2.76. The van der Waals surface area contributed by atoms with E-state index in [1.165, 1.54) is 10.8 Å². The molecule has 6 heteroatoms. The van der Waals surface area contributed by atoms with Crippen molar-refractivity contribution in [3.63, 3.8) is 0 Å². The van der Waals surface area contributed by atoms with Crippen molar-refractivity contribution >= 4 is 12.2 Å². The van der Waals surface area contributed by atoms with E-state index in [1.807, 2.05) is 0 Å². The first-order valence-electron chi connectivity index (χ1n) is 4.43. The molecule has 1 aromatic carbocycles. The third-order valence-electron chi connectivity index (χ3n) is 2.12. The lowest BCUT2D eigenvalue weighted by molar-refractivity contribution is 0.444. The zero-order valence-electron chi connectivity index (χ0n) is 8.22. The van der Waals surface area contributed by atoms with E-state index < -0.39 is 17.5 Å². The van der Waals surface area contributed by atoms with E-state index in [1.54, 1.807) is 6.92 Å². The first kappa shape index (κ1) is 10.9. The second-order valence-corrected chi connectivity index (χ2v) is 3.69. The number of hydrogen-bond donors (Lipinski definition) is 1. The Kier molecular flexibility index (Phi) is 2.59. The van der Waals surface area contributed by atoms with Gasteiger partial charge in [0.15, 0.2) is 22.2 Å². The van der Waals surface area contributed by atoms with Crippen molar-refractivity contribution in [2.75, 3.05) is 0 Å². The van der Waals surface area contributed by atoms with Crippen molar-refractivity contribution in [2.45, 2.75) is 6.92 Å². The highest BCUT2D eigenvalue weighted by Gasteiger charge is 2.15.